The molecule has 1 heterocycles. The van der Waals surface area contributed by atoms with Crippen LogP contribution in [-0.2, 0) is 29.7 Å². The van der Waals surface area contributed by atoms with E-state index in [0.29, 0.717) is 6.54 Å². The molecule has 5 nitrogen and oxygen atoms in total. The van der Waals surface area contributed by atoms with Crippen LogP contribution in [0.5, 0.6) is 0 Å². The SMILES string of the molecule is CCn1cc(F)c(S(=O)(=O)N(Cc2ccccc2)Cc2ccccc2)n1. The van der Waals surface area contributed by atoms with Gasteiger partial charge in [0.1, 0.15) is 0 Å². The minimum Gasteiger partial charge on any atom is -0.269 e. The van der Waals surface area contributed by atoms with Crippen LogP contribution >= 0.6 is 0 Å². The highest BCUT2D eigenvalue weighted by Gasteiger charge is 2.31. The van der Waals surface area contributed by atoms with Crippen LogP contribution in [0.2, 0.25) is 0 Å². The molecule has 0 atom stereocenters. The van der Waals surface area contributed by atoms with E-state index in [4.69, 9.17) is 0 Å². The van der Waals surface area contributed by atoms with E-state index in [1.807, 2.05) is 60.7 Å². The standard InChI is InChI=1S/C19H20FN3O2S/c1-2-22-15-18(20)19(21-22)26(24,25)23(13-16-9-5-3-6-10-16)14-17-11-7-4-8-12-17/h3-12,15H,2,13-14H2,1H3. The highest BCUT2D eigenvalue weighted by molar-refractivity contribution is 7.89. The monoisotopic (exact) mass is 373 g/mol. The lowest BCUT2D eigenvalue weighted by Crippen LogP contribution is -2.31. The number of aromatic nitrogens is 2. The van der Waals surface area contributed by atoms with E-state index in [-0.39, 0.29) is 13.1 Å². The van der Waals surface area contributed by atoms with Crippen molar-refractivity contribution in [2.75, 3.05) is 0 Å². The zero-order valence-electron chi connectivity index (χ0n) is 14.4. The minimum atomic E-state index is -4.09. The average molecular weight is 373 g/mol. The number of aryl methyl sites for hydroxylation is 1. The summed E-state index contributed by atoms with van der Waals surface area (Å²) in [4.78, 5) is 0. The van der Waals surface area contributed by atoms with Crippen LogP contribution in [-0.4, -0.2) is 22.5 Å². The first-order valence-electron chi connectivity index (χ1n) is 8.31. The Bertz CT molecular complexity index is 915. The first-order valence-corrected chi connectivity index (χ1v) is 9.75. The summed E-state index contributed by atoms with van der Waals surface area (Å²) >= 11 is 0. The Labute approximate surface area is 152 Å². The second-order valence-electron chi connectivity index (χ2n) is 5.88. The molecule has 0 bridgehead atoms. The van der Waals surface area contributed by atoms with Crippen molar-refractivity contribution >= 4 is 10.0 Å². The molecule has 1 aromatic heterocycles. The third-order valence-electron chi connectivity index (χ3n) is 4.00. The van der Waals surface area contributed by atoms with Gasteiger partial charge in [-0.15, -0.1) is 0 Å². The third-order valence-corrected chi connectivity index (χ3v) is 5.70. The normalized spacial score (nSPS) is 11.8. The van der Waals surface area contributed by atoms with E-state index in [1.54, 1.807) is 6.92 Å². The van der Waals surface area contributed by atoms with Gasteiger partial charge in [-0.2, -0.15) is 9.40 Å². The Balaban J connectivity index is 1.99. The van der Waals surface area contributed by atoms with E-state index in [1.165, 1.54) is 8.99 Å². The van der Waals surface area contributed by atoms with E-state index in [0.717, 1.165) is 17.3 Å². The molecule has 0 amide bonds. The number of hydrogen-bond acceptors (Lipinski definition) is 3. The predicted octanol–water partition coefficient (Wildman–Crippen LogP) is 3.43. The average Bonchev–Trinajstić information content (AvgIpc) is 3.05. The first-order chi connectivity index (χ1) is 12.5. The molecule has 2 aromatic carbocycles. The summed E-state index contributed by atoms with van der Waals surface area (Å²) in [6.45, 7) is 2.44. The Morgan fingerprint density at radius 2 is 1.46 bits per heavy atom. The van der Waals surface area contributed by atoms with E-state index >= 15 is 0 Å². The molecule has 0 aliphatic carbocycles. The maximum atomic E-state index is 14.2. The van der Waals surface area contributed by atoms with Crippen LogP contribution in [0.25, 0.3) is 0 Å². The predicted molar refractivity (Wildman–Crippen MR) is 97.2 cm³/mol. The number of rotatable bonds is 7. The minimum absolute atomic E-state index is 0.135. The molecule has 0 fully saturated rings. The number of sulfonamides is 1. The lowest BCUT2D eigenvalue weighted by molar-refractivity contribution is 0.394. The van der Waals surface area contributed by atoms with E-state index in [9.17, 15) is 12.8 Å². The van der Waals surface area contributed by atoms with Crippen molar-refractivity contribution in [3.05, 3.63) is 83.8 Å². The van der Waals surface area contributed by atoms with Crippen LogP contribution in [0, 0.1) is 5.82 Å². The van der Waals surface area contributed by atoms with Crippen molar-refractivity contribution in [3.63, 3.8) is 0 Å². The summed E-state index contributed by atoms with van der Waals surface area (Å²) in [7, 11) is -4.09. The number of nitrogens with zero attached hydrogens (tertiary/aromatic N) is 3. The van der Waals surface area contributed by atoms with E-state index in [2.05, 4.69) is 5.10 Å². The maximum absolute atomic E-state index is 14.2. The second kappa shape index (κ2) is 7.80. The fourth-order valence-corrected chi connectivity index (χ4v) is 4.03. The highest BCUT2D eigenvalue weighted by atomic mass is 32.2. The van der Waals surface area contributed by atoms with Crippen LogP contribution in [0.4, 0.5) is 4.39 Å². The molecule has 0 radical (unpaired) electrons. The maximum Gasteiger partial charge on any atom is 0.265 e. The summed E-state index contributed by atoms with van der Waals surface area (Å²) < 4.78 is 43.0. The Hall–Kier alpha value is -2.51. The van der Waals surface area contributed by atoms with Gasteiger partial charge in [-0.1, -0.05) is 60.7 Å². The number of hydrogen-bond donors (Lipinski definition) is 0. The van der Waals surface area contributed by atoms with E-state index < -0.39 is 20.9 Å². The van der Waals surface area contributed by atoms with Gasteiger partial charge >= 0.3 is 0 Å². The largest absolute Gasteiger partial charge is 0.269 e. The summed E-state index contributed by atoms with van der Waals surface area (Å²) in [5, 5.41) is 3.38. The third kappa shape index (κ3) is 4.00. The van der Waals surface area contributed by atoms with Gasteiger partial charge in [-0.05, 0) is 18.1 Å². The quantitative estimate of drug-likeness (QED) is 0.638. The highest BCUT2D eigenvalue weighted by Crippen LogP contribution is 2.22. The van der Waals surface area contributed by atoms with Crippen LogP contribution in [0.1, 0.15) is 18.1 Å². The zero-order chi connectivity index (χ0) is 18.6. The van der Waals surface area contributed by atoms with Crippen LogP contribution < -0.4 is 0 Å². The molecule has 136 valence electrons. The molecule has 0 spiro atoms. The Morgan fingerprint density at radius 1 is 0.962 bits per heavy atom. The van der Waals surface area contributed by atoms with Gasteiger partial charge in [0, 0.05) is 19.6 Å². The number of benzene rings is 2. The van der Waals surface area contributed by atoms with Crippen molar-refractivity contribution in [2.45, 2.75) is 31.6 Å². The summed E-state index contributed by atoms with van der Waals surface area (Å²) in [6, 6.07) is 18.5. The molecule has 0 aliphatic heterocycles. The topological polar surface area (TPSA) is 55.2 Å². The fraction of sp³-hybridized carbons (Fsp3) is 0.211. The van der Waals surface area contributed by atoms with Gasteiger partial charge in [-0.25, -0.2) is 12.8 Å². The Morgan fingerprint density at radius 3 is 1.88 bits per heavy atom. The lowest BCUT2D eigenvalue weighted by atomic mass is 10.2. The smallest absolute Gasteiger partial charge is 0.265 e. The van der Waals surface area contributed by atoms with Crippen molar-refractivity contribution < 1.29 is 12.8 Å². The summed E-state index contributed by atoms with van der Waals surface area (Å²) in [6.07, 6.45) is 1.11. The van der Waals surface area contributed by atoms with Crippen molar-refractivity contribution in [3.8, 4) is 0 Å². The van der Waals surface area contributed by atoms with Crippen LogP contribution in [0.3, 0.4) is 0 Å². The van der Waals surface area contributed by atoms with Crippen LogP contribution in [0.15, 0.2) is 71.9 Å². The van der Waals surface area contributed by atoms with Crippen molar-refractivity contribution in [1.82, 2.24) is 14.1 Å². The van der Waals surface area contributed by atoms with Gasteiger partial charge in [-0.3, -0.25) is 4.68 Å². The lowest BCUT2D eigenvalue weighted by Gasteiger charge is -2.21. The fourth-order valence-electron chi connectivity index (χ4n) is 2.64. The molecule has 0 saturated carbocycles. The number of halogens is 1. The molecule has 3 rings (SSSR count). The molecule has 3 aromatic rings. The van der Waals surface area contributed by atoms with Gasteiger partial charge in [0.15, 0.2) is 5.82 Å². The second-order valence-corrected chi connectivity index (χ2v) is 7.74. The van der Waals surface area contributed by atoms with Crippen molar-refractivity contribution in [2.24, 2.45) is 0 Å². The van der Waals surface area contributed by atoms with Crippen molar-refractivity contribution in [1.29, 1.82) is 0 Å². The molecule has 0 N–H and O–H groups in total. The Kier molecular flexibility index (Phi) is 5.49. The van der Waals surface area contributed by atoms with Gasteiger partial charge < -0.3 is 0 Å². The first kappa shape index (κ1) is 18.3. The summed E-state index contributed by atoms with van der Waals surface area (Å²) in [5.41, 5.74) is 1.64. The van der Waals surface area contributed by atoms with Gasteiger partial charge in [0.2, 0.25) is 5.03 Å². The molecular formula is C19H20FN3O2S. The molecule has 0 saturated heterocycles. The molecular weight excluding hydrogens is 353 g/mol. The van der Waals surface area contributed by atoms with Gasteiger partial charge in [0.05, 0.1) is 6.20 Å². The zero-order valence-corrected chi connectivity index (χ0v) is 15.2. The van der Waals surface area contributed by atoms with Gasteiger partial charge in [0.25, 0.3) is 10.0 Å². The molecule has 0 aliphatic rings. The summed E-state index contributed by atoms with van der Waals surface area (Å²) in [5.74, 6) is -0.835. The molecule has 7 heteroatoms. The molecule has 26 heavy (non-hydrogen) atoms. The molecule has 0 unspecified atom stereocenters.